The minimum atomic E-state index is -0.588. The quantitative estimate of drug-likeness (QED) is 0.0538. The van der Waals surface area contributed by atoms with Gasteiger partial charge in [0.05, 0.1) is 11.4 Å². The minimum Gasteiger partial charge on any atom is -0.444 e. The highest BCUT2D eigenvalue weighted by Gasteiger charge is 2.39. The lowest BCUT2D eigenvalue weighted by atomic mass is 9.79. The van der Waals surface area contributed by atoms with Crippen LogP contribution in [0.1, 0.15) is 192 Å². The molecule has 3 saturated heterocycles. The van der Waals surface area contributed by atoms with Gasteiger partial charge < -0.3 is 55.0 Å². The number of H-pyrrole nitrogens is 2. The summed E-state index contributed by atoms with van der Waals surface area (Å²) in [6.45, 7) is 46.1. The minimum absolute atomic E-state index is 0.0585. The molecule has 21 nitrogen and oxygen atoms in total. The first-order chi connectivity index (χ1) is 48.3. The van der Waals surface area contributed by atoms with Crippen molar-refractivity contribution in [2.75, 3.05) is 75.2 Å². The van der Waals surface area contributed by atoms with Gasteiger partial charge in [0, 0.05) is 184 Å². The number of ether oxygens (including phenoxy) is 2. The van der Waals surface area contributed by atoms with Crippen LogP contribution in [-0.4, -0.2) is 164 Å². The van der Waals surface area contributed by atoms with Crippen LogP contribution in [0.2, 0.25) is 0 Å². The summed E-state index contributed by atoms with van der Waals surface area (Å²) >= 11 is 0. The maximum absolute atomic E-state index is 14.1. The van der Waals surface area contributed by atoms with Crippen LogP contribution in [0.3, 0.4) is 0 Å². The summed E-state index contributed by atoms with van der Waals surface area (Å²) in [6.07, 6.45) is 8.28. The van der Waals surface area contributed by atoms with Crippen molar-refractivity contribution in [2.24, 2.45) is 11.8 Å². The molecule has 1 aliphatic carbocycles. The van der Waals surface area contributed by atoms with Crippen LogP contribution in [-0.2, 0) is 35.7 Å². The number of nitrogens with zero attached hydrogens (tertiary/aromatic N) is 8. The molecule has 0 spiro atoms. The fraction of sp³-hybridized carbons (Fsp3) is 0.556. The molecule has 21 heteroatoms. The Morgan fingerprint density at radius 3 is 1.33 bits per heavy atom. The van der Waals surface area contributed by atoms with Crippen molar-refractivity contribution in [2.45, 2.75) is 218 Å². The topological polar surface area (TPSA) is 234 Å². The Bertz CT molecular complexity index is 4010. The van der Waals surface area contributed by atoms with Crippen molar-refractivity contribution in [3.8, 4) is 22.3 Å². The number of piperazine rings is 2. The van der Waals surface area contributed by atoms with Gasteiger partial charge in [-0.1, -0.05) is 26.0 Å². The molecule has 552 valence electrons. The molecule has 0 bridgehead atoms. The maximum Gasteiger partial charge on any atom is 0.410 e. The Balaban J connectivity index is 0.000000246. The number of nitrogens with one attached hydrogen (secondary N) is 5. The summed E-state index contributed by atoms with van der Waals surface area (Å²) in [7, 11) is 0. The second-order valence-electron chi connectivity index (χ2n) is 31.3. The van der Waals surface area contributed by atoms with E-state index in [1.54, 1.807) is 4.90 Å². The molecule has 4 amide bonds. The number of benzene rings is 2. The largest absolute Gasteiger partial charge is 0.444 e. The molecule has 5 N–H and O–H groups in total. The maximum atomic E-state index is 14.1. The number of likely N-dealkylation sites (tertiary alicyclic amines) is 1. The first-order valence-corrected chi connectivity index (χ1v) is 37.1. The second kappa shape index (κ2) is 33.8. The van der Waals surface area contributed by atoms with Crippen molar-refractivity contribution < 1.29 is 28.7 Å². The van der Waals surface area contributed by atoms with E-state index in [4.69, 9.17) is 19.4 Å². The first-order valence-electron chi connectivity index (χ1n) is 37.1. The normalized spacial score (nSPS) is 19.9. The van der Waals surface area contributed by atoms with Crippen molar-refractivity contribution in [1.82, 2.24) is 55.5 Å². The zero-order valence-electron chi connectivity index (χ0n) is 64.2. The monoisotopic (exact) mass is 1400 g/mol. The number of aromatic nitrogens is 4. The highest BCUT2D eigenvalue weighted by atomic mass is 16.6. The zero-order chi connectivity index (χ0) is 74.1. The van der Waals surface area contributed by atoms with E-state index in [1.165, 1.54) is 6.42 Å². The van der Waals surface area contributed by atoms with Gasteiger partial charge in [-0.05, 0) is 237 Å². The van der Waals surface area contributed by atoms with Crippen LogP contribution in [0.5, 0.6) is 0 Å². The molecule has 2 aromatic carbocycles. The fourth-order valence-corrected chi connectivity index (χ4v) is 15.5. The Hall–Kier alpha value is -8.40. The number of hydrogen-bond donors (Lipinski definition) is 5. The molecular formula is C81H115N13O8. The number of aromatic amines is 2. The van der Waals surface area contributed by atoms with Crippen LogP contribution >= 0.6 is 0 Å². The number of pyridine rings is 4. The molecule has 6 aromatic rings. The predicted molar refractivity (Wildman–Crippen MR) is 407 cm³/mol. The third kappa shape index (κ3) is 20.1. The van der Waals surface area contributed by atoms with Crippen LogP contribution in [0, 0.1) is 53.4 Å². The van der Waals surface area contributed by atoms with Gasteiger partial charge in [-0.2, -0.15) is 0 Å². The van der Waals surface area contributed by atoms with E-state index in [0.717, 1.165) is 157 Å². The van der Waals surface area contributed by atoms with Gasteiger partial charge in [0.1, 0.15) is 11.2 Å². The van der Waals surface area contributed by atoms with E-state index >= 15 is 0 Å². The lowest BCUT2D eigenvalue weighted by Gasteiger charge is -2.47. The van der Waals surface area contributed by atoms with Gasteiger partial charge in [0.15, 0.2) is 0 Å². The number of hydrogen-bond acceptors (Lipinski definition) is 15. The molecule has 4 aliphatic rings. The van der Waals surface area contributed by atoms with Gasteiger partial charge in [0.2, 0.25) is 0 Å². The standard InChI is InChI=1S/C45H65N7O6.C36H50N6O2/c1-13-51(36-21-30(4)52(31(5)22-36)43(56)58-45(10,11)12)39-24-34(23-37(32(39)6)40(53)47-26-38-28(2)20-29(3)48-41(38)54)33-14-15-35(46-25-33)27-49-16-18-50(19-17-49)42(55)57-44(7,8)9;1-7-42(31-15-23(2)14-24(3)16-31)34-19-29(28-8-9-30(38-20-28)22-41-12-10-37-11-13-41)18-32(27(34)6)35(43)39-21-33-25(4)17-26(5)40-36(33)44/h14-15,20,23-25,30-31,36H,13,16-19,21-22,26-27H2,1-12H3,(H,47,53)(H,48,54);8-9,17-20,23-24,31,37H,7,10-16,21-22H2,1-6H3,(H,39,43)(H,40,44)/t30-,31-;23-,24-/m10/s1. The van der Waals surface area contributed by atoms with E-state index in [-0.39, 0.29) is 66.3 Å². The summed E-state index contributed by atoms with van der Waals surface area (Å²) in [6, 6.07) is 20.9. The van der Waals surface area contributed by atoms with E-state index < -0.39 is 11.2 Å². The lowest BCUT2D eigenvalue weighted by Crippen LogP contribution is -2.56. The van der Waals surface area contributed by atoms with Crippen LogP contribution in [0.25, 0.3) is 22.3 Å². The van der Waals surface area contributed by atoms with Crippen molar-refractivity contribution >= 4 is 35.4 Å². The Morgan fingerprint density at radius 1 is 0.529 bits per heavy atom. The Morgan fingerprint density at radius 2 is 0.941 bits per heavy atom. The number of amides is 4. The zero-order valence-corrected chi connectivity index (χ0v) is 64.2. The molecule has 4 aromatic heterocycles. The summed E-state index contributed by atoms with van der Waals surface area (Å²) < 4.78 is 11.3. The van der Waals surface area contributed by atoms with Gasteiger partial charge in [-0.25, -0.2) is 9.59 Å². The SMILES string of the molecule is CCN(c1cc(-c2ccc(CN3CCN(C(=O)OC(C)(C)C)CC3)nc2)cc(C(=O)NCc2c(C)cc(C)[nH]c2=O)c1C)C1C[C@@H](C)N(C(=O)OC(C)(C)C)[C@H](C)C1.CCN(c1cc(-c2ccc(CN3CCNCC3)nc2)cc(C(=O)NCc2c(C)cc(C)[nH]c2=O)c1C)C1C[C@@H](C)C[C@H](C)C1. The molecule has 0 radical (unpaired) electrons. The van der Waals surface area contributed by atoms with Gasteiger partial charge in [-0.15, -0.1) is 0 Å². The Labute approximate surface area is 605 Å². The number of piperidine rings is 1. The van der Waals surface area contributed by atoms with Gasteiger partial charge in [0.25, 0.3) is 22.9 Å². The average molecular weight is 1400 g/mol. The smallest absolute Gasteiger partial charge is 0.410 e. The average Bonchev–Trinajstić information content (AvgIpc) is 0.779. The molecular weight excluding hydrogens is 1280 g/mol. The van der Waals surface area contributed by atoms with Crippen LogP contribution in [0.15, 0.2) is 82.6 Å². The number of rotatable bonds is 18. The summed E-state index contributed by atoms with van der Waals surface area (Å²) in [5.41, 5.74) is 13.6. The number of carbonyl (C=O) groups is 4. The third-order valence-corrected chi connectivity index (χ3v) is 20.5. The summed E-state index contributed by atoms with van der Waals surface area (Å²) in [4.78, 5) is 108. The van der Waals surface area contributed by atoms with Crippen LogP contribution in [0.4, 0.5) is 21.0 Å². The van der Waals surface area contributed by atoms with Crippen molar-refractivity contribution in [1.29, 1.82) is 0 Å². The van der Waals surface area contributed by atoms with Crippen molar-refractivity contribution in [3.05, 3.63) is 161 Å². The molecule has 4 atom stereocenters. The van der Waals surface area contributed by atoms with E-state index in [2.05, 4.69) is 118 Å². The molecule has 10 rings (SSSR count). The number of carbonyl (C=O) groups excluding carboxylic acids is 4. The van der Waals surface area contributed by atoms with Crippen LogP contribution < -0.4 is 36.9 Å². The van der Waals surface area contributed by atoms with E-state index in [9.17, 15) is 28.8 Å². The van der Waals surface area contributed by atoms with Gasteiger partial charge >= 0.3 is 12.2 Å². The van der Waals surface area contributed by atoms with E-state index in [1.807, 2.05) is 130 Å². The predicted octanol–water partition coefficient (Wildman–Crippen LogP) is 12.7. The fourth-order valence-electron chi connectivity index (χ4n) is 15.5. The van der Waals surface area contributed by atoms with Crippen molar-refractivity contribution in [3.63, 3.8) is 0 Å². The molecule has 0 unspecified atom stereocenters. The number of aryl methyl sites for hydroxylation is 4. The summed E-state index contributed by atoms with van der Waals surface area (Å²) in [5.74, 6) is 0.905. The molecule has 7 heterocycles. The molecule has 1 saturated carbocycles. The molecule has 4 fully saturated rings. The Kier molecular flexibility index (Phi) is 25.8. The van der Waals surface area contributed by atoms with Gasteiger partial charge in [-0.3, -0.25) is 38.9 Å². The second-order valence-corrected chi connectivity index (χ2v) is 31.3. The number of anilines is 2. The molecule has 102 heavy (non-hydrogen) atoms. The highest BCUT2D eigenvalue weighted by molar-refractivity contribution is 6.00. The molecule has 3 aliphatic heterocycles. The first kappa shape index (κ1) is 77.8. The summed E-state index contributed by atoms with van der Waals surface area (Å²) in [5, 5.41) is 9.51. The third-order valence-electron chi connectivity index (χ3n) is 20.5. The van der Waals surface area contributed by atoms with E-state index in [0.29, 0.717) is 66.3 Å². The highest BCUT2D eigenvalue weighted by Crippen LogP contribution is 2.40. The lowest BCUT2D eigenvalue weighted by molar-refractivity contribution is -0.00261.